The van der Waals surface area contributed by atoms with Crippen molar-refractivity contribution in [1.29, 1.82) is 0 Å². The molecule has 0 heterocycles. The summed E-state index contributed by atoms with van der Waals surface area (Å²) in [5.41, 5.74) is 1.43. The molecule has 2 atom stereocenters. The average molecular weight is 507 g/mol. The molecule has 0 fully saturated rings. The van der Waals surface area contributed by atoms with Gasteiger partial charge in [0, 0.05) is 18.2 Å². The number of ether oxygens (including phenoxy) is 5. The van der Waals surface area contributed by atoms with Gasteiger partial charge in [-0.05, 0) is 36.8 Å². The number of esters is 1. The molecule has 2 aromatic carbocycles. The fourth-order valence-electron chi connectivity index (χ4n) is 3.37. The normalized spacial score (nSPS) is 13.1. The molecule has 1 N–H and O–H groups in total. The summed E-state index contributed by atoms with van der Waals surface area (Å²) >= 11 is -2.47. The molecule has 0 saturated carbocycles. The zero-order valence-corrected chi connectivity index (χ0v) is 21.1. The Morgan fingerprint density at radius 2 is 1.57 bits per heavy atom. The molecule has 0 aliphatic carbocycles. The quantitative estimate of drug-likeness (QED) is 0.211. The zero-order valence-electron chi connectivity index (χ0n) is 20.3. The van der Waals surface area contributed by atoms with Crippen molar-refractivity contribution in [2.45, 2.75) is 25.7 Å². The second-order valence-corrected chi connectivity index (χ2v) is 8.06. The third kappa shape index (κ3) is 6.96. The van der Waals surface area contributed by atoms with E-state index >= 15 is 0 Å². The molecular weight excluding hydrogens is 478 g/mol. The van der Waals surface area contributed by atoms with Gasteiger partial charge in [-0.1, -0.05) is 23.2 Å². The first-order valence-electron chi connectivity index (χ1n) is 10.4. The second kappa shape index (κ2) is 12.8. The summed E-state index contributed by atoms with van der Waals surface area (Å²) in [4.78, 5) is 23.7. The maximum absolute atomic E-state index is 12.5. The number of carbonyl (C=O) groups is 2. The first kappa shape index (κ1) is 27.7. The molecule has 0 spiro atoms. The smallest absolute Gasteiger partial charge is 0.303 e. The standard InChI is InChI=1S/C24H29NO9S/c1-14(34-15(2)26)24(27)25-19-11-16(13-35(28)29)18(12-21(19)31-4)23(33-6)22(32-5)17-9-7-8-10-20(17)30-3/h7-12,14H,13H2,1-6H3,(H,25,27)(H,28,29)/p-1. The van der Waals surface area contributed by atoms with Crippen molar-refractivity contribution in [2.75, 3.05) is 33.8 Å². The fraction of sp³-hybridized carbons (Fsp3) is 0.333. The summed E-state index contributed by atoms with van der Waals surface area (Å²) in [6.07, 6.45) is -1.07. The lowest BCUT2D eigenvalue weighted by molar-refractivity contribution is -0.150. The summed E-state index contributed by atoms with van der Waals surface area (Å²) in [5.74, 6) is -0.369. The monoisotopic (exact) mass is 506 g/mol. The lowest BCUT2D eigenvalue weighted by Crippen LogP contribution is -2.29. The highest BCUT2D eigenvalue weighted by Gasteiger charge is 2.24. The number of hydrogen-bond acceptors (Lipinski definition) is 9. The van der Waals surface area contributed by atoms with Crippen LogP contribution in [0.3, 0.4) is 0 Å². The molecule has 35 heavy (non-hydrogen) atoms. The molecule has 0 aliphatic heterocycles. The number of benzene rings is 2. The van der Waals surface area contributed by atoms with E-state index in [2.05, 4.69) is 5.32 Å². The highest BCUT2D eigenvalue weighted by Crippen LogP contribution is 2.38. The van der Waals surface area contributed by atoms with E-state index in [0.29, 0.717) is 28.2 Å². The largest absolute Gasteiger partial charge is 0.772 e. The topological polar surface area (TPSA) is 132 Å². The molecule has 0 saturated heterocycles. The maximum atomic E-state index is 12.5. The van der Waals surface area contributed by atoms with E-state index < -0.39 is 34.8 Å². The first-order chi connectivity index (χ1) is 16.7. The summed E-state index contributed by atoms with van der Waals surface area (Å²) < 4.78 is 50.4. The van der Waals surface area contributed by atoms with Crippen molar-refractivity contribution in [2.24, 2.45) is 0 Å². The van der Waals surface area contributed by atoms with Gasteiger partial charge in [-0.25, -0.2) is 0 Å². The molecule has 2 rings (SSSR count). The van der Waals surface area contributed by atoms with Crippen molar-refractivity contribution in [3.63, 3.8) is 0 Å². The van der Waals surface area contributed by atoms with Gasteiger partial charge in [0.15, 0.2) is 17.6 Å². The highest BCUT2D eigenvalue weighted by molar-refractivity contribution is 7.78. The number of amides is 1. The molecule has 0 radical (unpaired) electrons. The van der Waals surface area contributed by atoms with E-state index in [9.17, 15) is 18.4 Å². The lowest BCUT2D eigenvalue weighted by Gasteiger charge is -2.21. The first-order valence-corrected chi connectivity index (χ1v) is 11.6. The third-order valence-electron chi connectivity index (χ3n) is 4.88. The molecule has 0 aromatic heterocycles. The predicted molar refractivity (Wildman–Crippen MR) is 129 cm³/mol. The van der Waals surface area contributed by atoms with Crippen molar-refractivity contribution < 1.29 is 42.0 Å². The number of nitrogens with one attached hydrogen (secondary N) is 1. The average Bonchev–Trinajstić information content (AvgIpc) is 2.82. The fourth-order valence-corrected chi connectivity index (χ4v) is 3.86. The summed E-state index contributed by atoms with van der Waals surface area (Å²) in [7, 11) is 5.78. The van der Waals surface area contributed by atoms with E-state index in [4.69, 9.17) is 23.7 Å². The van der Waals surface area contributed by atoms with Crippen LogP contribution in [0.15, 0.2) is 36.4 Å². The van der Waals surface area contributed by atoms with E-state index in [1.54, 1.807) is 24.3 Å². The molecular formula is C24H28NO9S-. The number of methoxy groups -OCH3 is 4. The SMILES string of the molecule is COC(=C(OC)c1ccccc1OC)c1cc(OC)c(NC(=O)C(C)OC(C)=O)cc1CS(=O)[O-]. The molecule has 10 nitrogen and oxygen atoms in total. The van der Waals surface area contributed by atoms with Crippen LogP contribution < -0.4 is 14.8 Å². The van der Waals surface area contributed by atoms with E-state index in [0.717, 1.165) is 0 Å². The van der Waals surface area contributed by atoms with Crippen LogP contribution >= 0.6 is 0 Å². The number of rotatable bonds is 11. The Morgan fingerprint density at radius 3 is 2.11 bits per heavy atom. The lowest BCUT2D eigenvalue weighted by atomic mass is 10.0. The minimum atomic E-state index is -2.47. The number of para-hydroxylation sites is 1. The van der Waals surface area contributed by atoms with Crippen LogP contribution in [0.4, 0.5) is 5.69 Å². The van der Waals surface area contributed by atoms with Crippen LogP contribution in [-0.2, 0) is 40.6 Å². The Hall–Kier alpha value is -3.57. The molecule has 190 valence electrons. The summed E-state index contributed by atoms with van der Waals surface area (Å²) in [5, 5.41) is 2.61. The second-order valence-electron chi connectivity index (χ2n) is 7.17. The van der Waals surface area contributed by atoms with Crippen LogP contribution in [0, 0.1) is 0 Å². The predicted octanol–water partition coefficient (Wildman–Crippen LogP) is 3.09. The molecule has 11 heteroatoms. The van der Waals surface area contributed by atoms with Crippen LogP contribution in [0.25, 0.3) is 11.5 Å². The van der Waals surface area contributed by atoms with E-state index in [-0.39, 0.29) is 17.2 Å². The van der Waals surface area contributed by atoms with Gasteiger partial charge in [-0.2, -0.15) is 0 Å². The van der Waals surface area contributed by atoms with Gasteiger partial charge in [-0.3, -0.25) is 13.8 Å². The van der Waals surface area contributed by atoms with Crippen molar-refractivity contribution in [3.05, 3.63) is 53.1 Å². The Labute approximate surface area is 206 Å². The highest BCUT2D eigenvalue weighted by atomic mass is 32.2. The zero-order chi connectivity index (χ0) is 26.1. The Bertz CT molecular complexity index is 1130. The van der Waals surface area contributed by atoms with Crippen LogP contribution in [0.5, 0.6) is 11.5 Å². The van der Waals surface area contributed by atoms with Gasteiger partial charge in [0.05, 0.1) is 39.7 Å². The van der Waals surface area contributed by atoms with Crippen molar-refractivity contribution >= 4 is 40.2 Å². The Balaban J connectivity index is 2.71. The molecule has 2 aromatic rings. The van der Waals surface area contributed by atoms with Crippen molar-refractivity contribution in [3.8, 4) is 11.5 Å². The van der Waals surface area contributed by atoms with Crippen LogP contribution in [0.2, 0.25) is 0 Å². The molecule has 2 unspecified atom stereocenters. The van der Waals surface area contributed by atoms with Crippen LogP contribution in [0.1, 0.15) is 30.5 Å². The van der Waals surface area contributed by atoms with E-state index in [1.165, 1.54) is 54.4 Å². The minimum absolute atomic E-state index is 0.187. The molecule has 0 aliphatic rings. The Kier molecular flexibility index (Phi) is 10.1. The minimum Gasteiger partial charge on any atom is -0.772 e. The molecule has 0 bridgehead atoms. The number of carbonyl (C=O) groups excluding carboxylic acids is 2. The number of anilines is 1. The molecule has 1 amide bonds. The van der Waals surface area contributed by atoms with Crippen LogP contribution in [-0.4, -0.2) is 55.2 Å². The van der Waals surface area contributed by atoms with Crippen molar-refractivity contribution in [1.82, 2.24) is 0 Å². The van der Waals surface area contributed by atoms with Gasteiger partial charge in [0.2, 0.25) is 0 Å². The Morgan fingerprint density at radius 1 is 0.971 bits per heavy atom. The van der Waals surface area contributed by atoms with Gasteiger partial charge in [0.1, 0.15) is 11.5 Å². The van der Waals surface area contributed by atoms with Gasteiger partial charge in [-0.15, -0.1) is 0 Å². The van der Waals surface area contributed by atoms with E-state index in [1.807, 2.05) is 0 Å². The number of hydrogen-bond donors (Lipinski definition) is 1. The third-order valence-corrected chi connectivity index (χ3v) is 5.43. The van der Waals surface area contributed by atoms with Gasteiger partial charge in [0.25, 0.3) is 5.91 Å². The van der Waals surface area contributed by atoms with Gasteiger partial charge < -0.3 is 33.6 Å². The van der Waals surface area contributed by atoms with Gasteiger partial charge >= 0.3 is 5.97 Å². The maximum Gasteiger partial charge on any atom is 0.303 e. The summed E-state index contributed by atoms with van der Waals surface area (Å²) in [6.45, 7) is 2.60. The summed E-state index contributed by atoms with van der Waals surface area (Å²) in [6, 6.07) is 10.1.